The first kappa shape index (κ1) is 8.11. The van der Waals surface area contributed by atoms with E-state index in [4.69, 9.17) is 12.2 Å². The third-order valence-corrected chi connectivity index (χ3v) is 1.66. The Morgan fingerprint density at radius 3 is 2.25 bits per heavy atom. The van der Waals surface area contributed by atoms with Crippen LogP contribution in [0.4, 0.5) is 0 Å². The smallest absolute Gasteiger partial charge is 0.0744 e. The van der Waals surface area contributed by atoms with Gasteiger partial charge in [-0.3, -0.25) is 0 Å². The Bertz CT molecular complexity index is 80.5. The van der Waals surface area contributed by atoms with Crippen molar-refractivity contribution >= 4 is 27.4 Å². The molecule has 0 atom stereocenters. The van der Waals surface area contributed by atoms with Gasteiger partial charge in [0.25, 0.3) is 0 Å². The zero-order valence-electron chi connectivity index (χ0n) is 5.27. The number of hydrogen-bond acceptors (Lipinski definition) is 1. The van der Waals surface area contributed by atoms with Crippen molar-refractivity contribution in [1.82, 2.24) is 4.90 Å². The molecule has 0 unspecified atom stereocenters. The number of nitrogens with zero attached hydrogens (tertiary/aromatic N) is 1. The molecule has 45 valence electrons. The minimum Gasteiger partial charge on any atom is -0.370 e. The van der Waals surface area contributed by atoms with E-state index in [2.05, 4.69) is 22.1 Å². The Labute approximate surface area is 59.5 Å². The first-order chi connectivity index (χ1) is 3.72. The highest BCUT2D eigenvalue weighted by Crippen LogP contribution is 1.86. The molecule has 0 spiro atoms. The van der Waals surface area contributed by atoms with E-state index in [-0.39, 0.29) is 0 Å². The second kappa shape index (κ2) is 4.03. The van der Waals surface area contributed by atoms with Crippen LogP contribution in [0, 0.1) is 0 Å². The molecular formula is C5H10NSSi. The zero-order valence-corrected chi connectivity index (χ0v) is 7.09. The van der Waals surface area contributed by atoms with E-state index in [9.17, 15) is 0 Å². The molecule has 1 nitrogen and oxygen atoms in total. The number of hydrogen-bond donors (Lipinski definition) is 0. The zero-order chi connectivity index (χ0) is 6.57. The van der Waals surface area contributed by atoms with Crippen molar-refractivity contribution in [2.75, 3.05) is 12.7 Å². The highest BCUT2D eigenvalue weighted by Gasteiger charge is 1.95. The van der Waals surface area contributed by atoms with Crippen LogP contribution < -0.4 is 0 Å². The summed E-state index contributed by atoms with van der Waals surface area (Å²) < 4.78 is 0. The van der Waals surface area contributed by atoms with Crippen LogP contribution in [0.25, 0.3) is 0 Å². The third-order valence-electron chi connectivity index (χ3n) is 1.02. The van der Waals surface area contributed by atoms with Gasteiger partial charge in [-0.1, -0.05) is 12.2 Å². The Morgan fingerprint density at radius 1 is 1.75 bits per heavy atom. The second-order valence-corrected chi connectivity index (χ2v) is 2.44. The minimum atomic E-state index is 0.839. The molecule has 0 aromatic carbocycles. The Hall–Kier alpha value is 0.107. The molecule has 0 N–H and O–H groups in total. The molecule has 0 heterocycles. The lowest BCUT2D eigenvalue weighted by Gasteiger charge is -2.17. The molecule has 0 fully saturated rings. The van der Waals surface area contributed by atoms with Crippen molar-refractivity contribution in [3.8, 4) is 0 Å². The van der Waals surface area contributed by atoms with E-state index in [1.165, 1.54) is 0 Å². The topological polar surface area (TPSA) is 3.24 Å². The lowest BCUT2D eigenvalue weighted by atomic mass is 10.6. The van der Waals surface area contributed by atoms with Crippen molar-refractivity contribution < 1.29 is 0 Å². The molecule has 0 saturated carbocycles. The molecule has 3 radical (unpaired) electrons. The first-order valence-corrected chi connectivity index (χ1v) is 3.74. The first-order valence-electron chi connectivity index (χ1n) is 2.62. The molecule has 0 aliphatic rings. The molecule has 0 bridgehead atoms. The highest BCUT2D eigenvalue weighted by molar-refractivity contribution is 7.80. The molecule has 0 amide bonds. The summed E-state index contributed by atoms with van der Waals surface area (Å²) in [7, 11) is 3.36. The lowest BCUT2D eigenvalue weighted by Crippen LogP contribution is -2.27. The fraction of sp³-hybridized carbons (Fsp3) is 0.800. The van der Waals surface area contributed by atoms with E-state index >= 15 is 0 Å². The maximum atomic E-state index is 4.91. The van der Waals surface area contributed by atoms with Crippen LogP contribution >= 0.6 is 12.2 Å². The summed E-state index contributed by atoms with van der Waals surface area (Å²) in [6.45, 7) is 4.99. The van der Waals surface area contributed by atoms with Crippen LogP contribution in [0.2, 0.25) is 0 Å². The van der Waals surface area contributed by atoms with Crippen molar-refractivity contribution in [3.05, 3.63) is 0 Å². The van der Waals surface area contributed by atoms with Gasteiger partial charge in [0.1, 0.15) is 0 Å². The molecule has 8 heavy (non-hydrogen) atoms. The fourth-order valence-corrected chi connectivity index (χ4v) is 1.21. The predicted octanol–water partition coefficient (Wildman–Crippen LogP) is 0.782. The molecular weight excluding hydrogens is 134 g/mol. The van der Waals surface area contributed by atoms with Crippen molar-refractivity contribution in [2.24, 2.45) is 0 Å². The quantitative estimate of drug-likeness (QED) is 0.416. The van der Waals surface area contributed by atoms with Gasteiger partial charge >= 0.3 is 0 Å². The monoisotopic (exact) mass is 144 g/mol. The average Bonchev–Trinajstić information content (AvgIpc) is 1.69. The van der Waals surface area contributed by atoms with Crippen molar-refractivity contribution in [3.63, 3.8) is 0 Å². The summed E-state index contributed by atoms with van der Waals surface area (Å²) in [4.78, 5) is 3.01. The summed E-state index contributed by atoms with van der Waals surface area (Å²) in [6.07, 6.45) is 0.839. The Morgan fingerprint density at radius 2 is 2.25 bits per heavy atom. The van der Waals surface area contributed by atoms with Crippen LogP contribution in [0.3, 0.4) is 0 Å². The Kier molecular flexibility index (Phi) is 4.09. The molecule has 0 rings (SSSR count). The largest absolute Gasteiger partial charge is 0.370 e. The molecule has 0 aliphatic carbocycles. The molecule has 0 aromatic rings. The van der Waals surface area contributed by atoms with Gasteiger partial charge < -0.3 is 4.90 Å². The SMILES string of the molecule is CCN(C[Si])C(C)=S. The van der Waals surface area contributed by atoms with Crippen LogP contribution in [0.1, 0.15) is 13.8 Å². The van der Waals surface area contributed by atoms with Gasteiger partial charge in [0.05, 0.1) is 15.2 Å². The lowest BCUT2D eigenvalue weighted by molar-refractivity contribution is 0.518. The van der Waals surface area contributed by atoms with Crippen molar-refractivity contribution in [1.29, 1.82) is 0 Å². The molecule has 0 aromatic heterocycles. The maximum absolute atomic E-state index is 4.91. The van der Waals surface area contributed by atoms with Gasteiger partial charge in [0.2, 0.25) is 0 Å². The predicted molar refractivity (Wildman–Crippen MR) is 41.3 cm³/mol. The van der Waals surface area contributed by atoms with Gasteiger partial charge in [-0.2, -0.15) is 0 Å². The fourth-order valence-electron chi connectivity index (χ4n) is 0.446. The van der Waals surface area contributed by atoms with Crippen LogP contribution in [0.5, 0.6) is 0 Å². The van der Waals surface area contributed by atoms with Gasteiger partial charge in [-0.05, 0) is 13.8 Å². The minimum absolute atomic E-state index is 0.839. The summed E-state index contributed by atoms with van der Waals surface area (Å²) in [5, 5.41) is 0. The third kappa shape index (κ3) is 2.42. The summed E-state index contributed by atoms with van der Waals surface area (Å²) in [6, 6.07) is 0. The van der Waals surface area contributed by atoms with E-state index in [0.717, 1.165) is 17.7 Å². The van der Waals surface area contributed by atoms with E-state index in [1.807, 2.05) is 6.92 Å². The second-order valence-electron chi connectivity index (χ2n) is 1.53. The van der Waals surface area contributed by atoms with Crippen molar-refractivity contribution in [2.45, 2.75) is 13.8 Å². The van der Waals surface area contributed by atoms with Gasteiger partial charge in [-0.15, -0.1) is 0 Å². The van der Waals surface area contributed by atoms with E-state index in [0.29, 0.717) is 0 Å². The van der Waals surface area contributed by atoms with Crippen LogP contribution in [0.15, 0.2) is 0 Å². The van der Waals surface area contributed by atoms with Gasteiger partial charge in [0.15, 0.2) is 0 Å². The summed E-state index contributed by atoms with van der Waals surface area (Å²) in [5.74, 6) is 0. The maximum Gasteiger partial charge on any atom is 0.0744 e. The highest BCUT2D eigenvalue weighted by atomic mass is 32.1. The van der Waals surface area contributed by atoms with Gasteiger partial charge in [-0.25, -0.2) is 0 Å². The van der Waals surface area contributed by atoms with Crippen LogP contribution in [-0.2, 0) is 0 Å². The van der Waals surface area contributed by atoms with E-state index in [1.54, 1.807) is 0 Å². The summed E-state index contributed by atoms with van der Waals surface area (Å²) >= 11 is 4.91. The number of thiocarbonyl (C=S) groups is 1. The standard InChI is InChI=1S/C5H10NSSi/c1-3-6(4-8)5(2)7/h3-4H2,1-2H3. The van der Waals surface area contributed by atoms with Crippen LogP contribution in [-0.4, -0.2) is 32.8 Å². The number of rotatable bonds is 2. The Balaban J connectivity index is 3.52. The summed E-state index contributed by atoms with van der Waals surface area (Å²) in [5.41, 5.74) is 0. The molecule has 0 aliphatic heterocycles. The van der Waals surface area contributed by atoms with E-state index < -0.39 is 0 Å². The molecule has 3 heteroatoms. The average molecular weight is 144 g/mol. The molecule has 0 saturated heterocycles. The van der Waals surface area contributed by atoms with Gasteiger partial charge in [0, 0.05) is 12.7 Å². The normalized spacial score (nSPS) is 8.88.